The number of carbonyl (C=O) groups is 1. The highest BCUT2D eigenvalue weighted by Crippen LogP contribution is 2.25. The minimum atomic E-state index is -3.52. The predicted molar refractivity (Wildman–Crippen MR) is 124 cm³/mol. The van der Waals surface area contributed by atoms with E-state index in [-0.39, 0.29) is 23.0 Å². The van der Waals surface area contributed by atoms with Crippen molar-refractivity contribution < 1.29 is 17.6 Å². The van der Waals surface area contributed by atoms with Gasteiger partial charge in [0.1, 0.15) is 10.8 Å². The summed E-state index contributed by atoms with van der Waals surface area (Å²) in [4.78, 5) is 17.1. The maximum atomic E-state index is 13.1. The average Bonchev–Trinajstić information content (AvgIpc) is 3.05. The van der Waals surface area contributed by atoms with E-state index in [0.29, 0.717) is 24.5 Å². The van der Waals surface area contributed by atoms with E-state index in [1.165, 1.54) is 35.6 Å². The van der Waals surface area contributed by atoms with Crippen LogP contribution in [0, 0.1) is 5.82 Å². The standard InChI is InChI=1S/C23H24FN3O3S2/c24-18-7-5-17(6-8-18)23-26-20(16-31-23)15-22(28)25-19-9-11-21(12-10-19)32(29,30)27-13-3-1-2-4-14-27/h5-12,16H,1-4,13-15H2,(H,25,28). The summed E-state index contributed by atoms with van der Waals surface area (Å²) in [7, 11) is -3.52. The van der Waals surface area contributed by atoms with Crippen molar-refractivity contribution in [2.45, 2.75) is 37.0 Å². The van der Waals surface area contributed by atoms with Crippen molar-refractivity contribution in [3.05, 3.63) is 65.4 Å². The van der Waals surface area contributed by atoms with E-state index in [1.54, 1.807) is 34.0 Å². The van der Waals surface area contributed by atoms with E-state index in [2.05, 4.69) is 10.3 Å². The molecule has 2 heterocycles. The lowest BCUT2D eigenvalue weighted by Gasteiger charge is -2.20. The number of thiazole rings is 1. The molecule has 1 amide bonds. The Morgan fingerprint density at radius 3 is 2.31 bits per heavy atom. The van der Waals surface area contributed by atoms with Crippen molar-refractivity contribution >= 4 is 33.0 Å². The van der Waals surface area contributed by atoms with Crippen molar-refractivity contribution in [1.29, 1.82) is 0 Å². The highest BCUT2D eigenvalue weighted by Gasteiger charge is 2.25. The maximum Gasteiger partial charge on any atom is 0.243 e. The van der Waals surface area contributed by atoms with Gasteiger partial charge in [-0.2, -0.15) is 4.31 Å². The molecule has 1 fully saturated rings. The molecule has 32 heavy (non-hydrogen) atoms. The van der Waals surface area contributed by atoms with E-state index in [4.69, 9.17) is 0 Å². The molecule has 168 valence electrons. The average molecular weight is 474 g/mol. The van der Waals surface area contributed by atoms with Crippen LogP contribution in [0.15, 0.2) is 58.8 Å². The van der Waals surface area contributed by atoms with Gasteiger partial charge in [-0.15, -0.1) is 11.3 Å². The second kappa shape index (κ2) is 9.89. The molecule has 0 aliphatic carbocycles. The Morgan fingerprint density at radius 1 is 1.00 bits per heavy atom. The summed E-state index contributed by atoms with van der Waals surface area (Å²) in [5.41, 5.74) is 1.94. The van der Waals surface area contributed by atoms with Crippen LogP contribution in [0.3, 0.4) is 0 Å². The molecule has 1 saturated heterocycles. The van der Waals surface area contributed by atoms with Crippen molar-refractivity contribution in [1.82, 2.24) is 9.29 Å². The Bertz CT molecular complexity index is 1170. The zero-order valence-electron chi connectivity index (χ0n) is 17.5. The molecule has 0 spiro atoms. The summed E-state index contributed by atoms with van der Waals surface area (Å²) in [6, 6.07) is 12.3. The molecule has 1 aliphatic heterocycles. The van der Waals surface area contributed by atoms with Crippen LogP contribution in [0.5, 0.6) is 0 Å². The third-order valence-corrected chi connectivity index (χ3v) is 8.18. The summed E-state index contributed by atoms with van der Waals surface area (Å²) in [6.45, 7) is 1.10. The topological polar surface area (TPSA) is 79.4 Å². The minimum Gasteiger partial charge on any atom is -0.326 e. The van der Waals surface area contributed by atoms with E-state index in [9.17, 15) is 17.6 Å². The Kier molecular flexibility index (Phi) is 6.98. The van der Waals surface area contributed by atoms with Crippen LogP contribution in [-0.2, 0) is 21.2 Å². The first kappa shape index (κ1) is 22.6. The molecule has 0 bridgehead atoms. The zero-order chi connectivity index (χ0) is 22.6. The van der Waals surface area contributed by atoms with Crippen LogP contribution >= 0.6 is 11.3 Å². The van der Waals surface area contributed by atoms with Crippen molar-refractivity contribution in [3.63, 3.8) is 0 Å². The third-order valence-electron chi connectivity index (χ3n) is 5.33. The van der Waals surface area contributed by atoms with Gasteiger partial charge in [0.05, 0.1) is 17.0 Å². The normalized spacial score (nSPS) is 15.3. The quantitative estimate of drug-likeness (QED) is 0.563. The van der Waals surface area contributed by atoms with Crippen molar-refractivity contribution in [2.75, 3.05) is 18.4 Å². The molecule has 0 saturated carbocycles. The van der Waals surface area contributed by atoms with Gasteiger partial charge in [0.25, 0.3) is 0 Å². The number of halogens is 1. The van der Waals surface area contributed by atoms with Crippen LogP contribution in [0.1, 0.15) is 31.4 Å². The summed E-state index contributed by atoms with van der Waals surface area (Å²) < 4.78 is 40.4. The molecule has 9 heteroatoms. The number of benzene rings is 2. The van der Waals surface area contributed by atoms with Crippen LogP contribution < -0.4 is 5.32 Å². The number of nitrogens with zero attached hydrogens (tertiary/aromatic N) is 2. The molecule has 3 aromatic rings. The number of hydrogen-bond acceptors (Lipinski definition) is 5. The van der Waals surface area contributed by atoms with Gasteiger partial charge >= 0.3 is 0 Å². The van der Waals surface area contributed by atoms with Gasteiger partial charge in [0.2, 0.25) is 15.9 Å². The Labute approximate surface area is 191 Å². The van der Waals surface area contributed by atoms with Gasteiger partial charge in [-0.25, -0.2) is 17.8 Å². The molecule has 1 aliphatic rings. The molecular formula is C23H24FN3O3S2. The number of anilines is 1. The molecule has 1 aromatic heterocycles. The minimum absolute atomic E-state index is 0.0888. The van der Waals surface area contributed by atoms with Crippen LogP contribution in [0.2, 0.25) is 0 Å². The highest BCUT2D eigenvalue weighted by molar-refractivity contribution is 7.89. The lowest BCUT2D eigenvalue weighted by molar-refractivity contribution is -0.115. The van der Waals surface area contributed by atoms with Crippen LogP contribution in [0.4, 0.5) is 10.1 Å². The smallest absolute Gasteiger partial charge is 0.243 e. The van der Waals surface area contributed by atoms with Crippen molar-refractivity contribution in [2.24, 2.45) is 0 Å². The van der Waals surface area contributed by atoms with Gasteiger partial charge in [0, 0.05) is 29.7 Å². The van der Waals surface area contributed by atoms with Crippen LogP contribution in [0.25, 0.3) is 10.6 Å². The van der Waals surface area contributed by atoms with Gasteiger partial charge < -0.3 is 5.32 Å². The number of aromatic nitrogens is 1. The summed E-state index contributed by atoms with van der Waals surface area (Å²) in [5, 5.41) is 5.30. The summed E-state index contributed by atoms with van der Waals surface area (Å²) in [6.07, 6.45) is 3.97. The lowest BCUT2D eigenvalue weighted by atomic mass is 10.2. The second-order valence-corrected chi connectivity index (χ2v) is 10.5. The molecule has 4 rings (SSSR count). The maximum absolute atomic E-state index is 13.1. The number of amides is 1. The number of carbonyl (C=O) groups excluding carboxylic acids is 1. The fraction of sp³-hybridized carbons (Fsp3) is 0.304. The highest BCUT2D eigenvalue weighted by atomic mass is 32.2. The predicted octanol–water partition coefficient (Wildman–Crippen LogP) is 4.70. The first-order valence-electron chi connectivity index (χ1n) is 10.5. The monoisotopic (exact) mass is 473 g/mol. The fourth-order valence-corrected chi connectivity index (χ4v) is 5.97. The van der Waals surface area contributed by atoms with E-state index in [0.717, 1.165) is 36.3 Å². The summed E-state index contributed by atoms with van der Waals surface area (Å²) in [5.74, 6) is -0.556. The number of sulfonamides is 1. The number of rotatable bonds is 6. The van der Waals surface area contributed by atoms with E-state index in [1.807, 2.05) is 0 Å². The van der Waals surface area contributed by atoms with Gasteiger partial charge in [-0.05, 0) is 61.4 Å². The van der Waals surface area contributed by atoms with E-state index < -0.39 is 10.0 Å². The third kappa shape index (κ3) is 5.40. The van der Waals surface area contributed by atoms with E-state index >= 15 is 0 Å². The number of hydrogen-bond donors (Lipinski definition) is 1. The molecule has 1 N–H and O–H groups in total. The zero-order valence-corrected chi connectivity index (χ0v) is 19.1. The molecule has 0 radical (unpaired) electrons. The molecule has 0 unspecified atom stereocenters. The molecule has 6 nitrogen and oxygen atoms in total. The fourth-order valence-electron chi connectivity index (χ4n) is 3.62. The van der Waals surface area contributed by atoms with Gasteiger partial charge in [-0.3, -0.25) is 4.79 Å². The number of nitrogens with one attached hydrogen (secondary N) is 1. The Hall–Kier alpha value is -2.62. The molecule has 2 aromatic carbocycles. The first-order valence-corrected chi connectivity index (χ1v) is 12.8. The first-order chi connectivity index (χ1) is 15.4. The van der Waals surface area contributed by atoms with Gasteiger partial charge in [0.15, 0.2) is 0 Å². The molecule has 0 atom stereocenters. The van der Waals surface area contributed by atoms with Crippen LogP contribution in [-0.4, -0.2) is 36.7 Å². The summed E-state index contributed by atoms with van der Waals surface area (Å²) >= 11 is 1.39. The molecular weight excluding hydrogens is 449 g/mol. The van der Waals surface area contributed by atoms with Crippen molar-refractivity contribution in [3.8, 4) is 10.6 Å². The SMILES string of the molecule is O=C(Cc1csc(-c2ccc(F)cc2)n1)Nc1ccc(S(=O)(=O)N2CCCCCC2)cc1. The second-order valence-electron chi connectivity index (χ2n) is 7.72. The Balaban J connectivity index is 1.37. The largest absolute Gasteiger partial charge is 0.326 e. The lowest BCUT2D eigenvalue weighted by Crippen LogP contribution is -2.31. The Morgan fingerprint density at radius 2 is 1.66 bits per heavy atom. The van der Waals surface area contributed by atoms with Gasteiger partial charge in [-0.1, -0.05) is 12.8 Å².